The van der Waals surface area contributed by atoms with E-state index in [1.165, 1.54) is 82.7 Å². The van der Waals surface area contributed by atoms with Crippen molar-refractivity contribution in [3.8, 4) is 33.4 Å². The first-order chi connectivity index (χ1) is 19.8. The summed E-state index contributed by atoms with van der Waals surface area (Å²) >= 11 is 0. The molecule has 7 aromatic rings. The zero-order valence-electron chi connectivity index (χ0n) is 22.3. The maximum Gasteiger partial charge on any atom is 0.0726 e. The van der Waals surface area contributed by atoms with E-state index in [0.717, 1.165) is 0 Å². The van der Waals surface area contributed by atoms with Crippen LogP contribution in [0.1, 0.15) is 27.8 Å². The van der Waals surface area contributed by atoms with Gasteiger partial charge in [0.25, 0.3) is 0 Å². The van der Waals surface area contributed by atoms with Gasteiger partial charge in [-0.2, -0.15) is 0 Å². The molecule has 0 unspecified atom stereocenters. The van der Waals surface area contributed by atoms with E-state index in [1.54, 1.807) is 0 Å². The fraction of sp³-hybridized carbons (Fsp3) is 0.0500. The van der Waals surface area contributed by atoms with E-state index in [1.807, 2.05) is 0 Å². The summed E-state index contributed by atoms with van der Waals surface area (Å²) in [4.78, 5) is 0. The Labute approximate surface area is 234 Å². The van der Waals surface area contributed by atoms with Gasteiger partial charge in [0.2, 0.25) is 0 Å². The highest BCUT2D eigenvalue weighted by Gasteiger charge is 2.52. The second kappa shape index (κ2) is 7.81. The molecule has 7 aromatic carbocycles. The van der Waals surface area contributed by atoms with Crippen molar-refractivity contribution in [1.82, 2.24) is 0 Å². The molecule has 40 heavy (non-hydrogen) atoms. The molecule has 0 fully saturated rings. The molecule has 0 N–H and O–H groups in total. The summed E-state index contributed by atoms with van der Waals surface area (Å²) in [6.07, 6.45) is 0. The van der Waals surface area contributed by atoms with Crippen molar-refractivity contribution in [2.75, 3.05) is 0 Å². The predicted octanol–water partition coefficient (Wildman–Crippen LogP) is 10.3. The van der Waals surface area contributed by atoms with Gasteiger partial charge in [-0.15, -0.1) is 0 Å². The molecule has 0 heterocycles. The van der Waals surface area contributed by atoms with Crippen molar-refractivity contribution < 1.29 is 0 Å². The number of hydrogen-bond donors (Lipinski definition) is 0. The minimum Gasteiger partial charge on any atom is -0.0619 e. The maximum absolute atomic E-state index is 2.52. The highest BCUT2D eigenvalue weighted by Crippen LogP contribution is 2.65. The molecule has 0 atom stereocenters. The lowest BCUT2D eigenvalue weighted by molar-refractivity contribution is 0.795. The molecule has 0 aliphatic heterocycles. The molecule has 9 rings (SSSR count). The molecule has 2 aliphatic carbocycles. The van der Waals surface area contributed by atoms with Gasteiger partial charge in [0.15, 0.2) is 0 Å². The van der Waals surface area contributed by atoms with Crippen LogP contribution in [0.2, 0.25) is 0 Å². The van der Waals surface area contributed by atoms with Gasteiger partial charge in [-0.1, -0.05) is 139 Å². The van der Waals surface area contributed by atoms with Crippen molar-refractivity contribution in [3.63, 3.8) is 0 Å². The molecule has 0 saturated carbocycles. The SMILES string of the molecule is Cc1ccc(-c2cc3c(c4ccccc24)-c2c(ccc4ccccc24)C32c3ccccc3-c3ccccc32)cc1. The zero-order valence-corrected chi connectivity index (χ0v) is 22.3. The summed E-state index contributed by atoms with van der Waals surface area (Å²) < 4.78 is 0. The van der Waals surface area contributed by atoms with Crippen LogP contribution in [-0.2, 0) is 5.41 Å². The largest absolute Gasteiger partial charge is 0.0726 e. The first-order valence-corrected chi connectivity index (χ1v) is 14.1. The number of hydrogen-bond acceptors (Lipinski definition) is 0. The predicted molar refractivity (Wildman–Crippen MR) is 168 cm³/mol. The van der Waals surface area contributed by atoms with Crippen molar-refractivity contribution >= 4 is 21.5 Å². The first kappa shape index (κ1) is 21.9. The Bertz CT molecular complexity index is 2120. The Balaban J connectivity index is 1.55. The highest BCUT2D eigenvalue weighted by molar-refractivity contribution is 6.16. The van der Waals surface area contributed by atoms with Crippen molar-refractivity contribution in [1.29, 1.82) is 0 Å². The van der Waals surface area contributed by atoms with Crippen LogP contribution in [0.15, 0.2) is 140 Å². The summed E-state index contributed by atoms with van der Waals surface area (Å²) in [5.41, 5.74) is 14.5. The minimum absolute atomic E-state index is 0.370. The second-order valence-electron chi connectivity index (χ2n) is 11.3. The first-order valence-electron chi connectivity index (χ1n) is 14.1. The van der Waals surface area contributed by atoms with Crippen molar-refractivity contribution in [3.05, 3.63) is 167 Å². The van der Waals surface area contributed by atoms with Gasteiger partial charge < -0.3 is 0 Å². The number of aryl methyl sites for hydroxylation is 1. The molecule has 0 heteroatoms. The third-order valence-electron chi connectivity index (χ3n) is 9.35. The molecule has 0 aromatic heterocycles. The molecule has 2 aliphatic rings. The standard InChI is InChI=1S/C40H26/c1-25-18-20-27(21-19-25)33-24-37-39(32-15-5-4-12-29(32)33)38-28-11-3-2-10-26(28)22-23-36(38)40(37)34-16-8-6-13-30(34)31-14-7-9-17-35(31)40/h2-24H,1H3. The van der Waals surface area contributed by atoms with Crippen LogP contribution in [-0.4, -0.2) is 0 Å². The lowest BCUT2D eigenvalue weighted by atomic mass is 9.70. The smallest absolute Gasteiger partial charge is 0.0619 e. The summed E-state index contributed by atoms with van der Waals surface area (Å²) in [5, 5.41) is 5.25. The molecule has 0 amide bonds. The summed E-state index contributed by atoms with van der Waals surface area (Å²) in [6, 6.07) is 52.4. The molecule has 186 valence electrons. The molecule has 0 nitrogen and oxygen atoms in total. The van der Waals surface area contributed by atoms with Crippen LogP contribution in [0.4, 0.5) is 0 Å². The van der Waals surface area contributed by atoms with Gasteiger partial charge >= 0.3 is 0 Å². The minimum atomic E-state index is -0.370. The summed E-state index contributed by atoms with van der Waals surface area (Å²) in [6.45, 7) is 2.16. The topological polar surface area (TPSA) is 0 Å². The van der Waals surface area contributed by atoms with E-state index in [9.17, 15) is 0 Å². The quantitative estimate of drug-likeness (QED) is 0.208. The zero-order chi connectivity index (χ0) is 26.4. The lowest BCUT2D eigenvalue weighted by Gasteiger charge is -2.31. The highest BCUT2D eigenvalue weighted by atomic mass is 14.5. The Kier molecular flexibility index (Phi) is 4.28. The number of rotatable bonds is 1. The van der Waals surface area contributed by atoms with Crippen LogP contribution in [0.25, 0.3) is 54.9 Å². The fourth-order valence-electron chi connectivity index (χ4n) is 7.73. The Morgan fingerprint density at radius 2 is 0.975 bits per heavy atom. The van der Waals surface area contributed by atoms with E-state index in [-0.39, 0.29) is 5.41 Å². The number of benzene rings is 7. The molecule has 0 saturated heterocycles. The summed E-state index contributed by atoms with van der Waals surface area (Å²) in [5.74, 6) is 0. The van der Waals surface area contributed by atoms with E-state index < -0.39 is 0 Å². The fourth-order valence-corrected chi connectivity index (χ4v) is 7.73. The monoisotopic (exact) mass is 506 g/mol. The van der Waals surface area contributed by atoms with E-state index in [4.69, 9.17) is 0 Å². The molecule has 0 radical (unpaired) electrons. The van der Waals surface area contributed by atoms with Gasteiger partial charge in [0, 0.05) is 0 Å². The Morgan fingerprint density at radius 1 is 0.400 bits per heavy atom. The van der Waals surface area contributed by atoms with Crippen LogP contribution >= 0.6 is 0 Å². The third kappa shape index (κ3) is 2.61. The van der Waals surface area contributed by atoms with E-state index in [2.05, 4.69) is 146 Å². The van der Waals surface area contributed by atoms with Gasteiger partial charge in [-0.3, -0.25) is 0 Å². The van der Waals surface area contributed by atoms with Crippen molar-refractivity contribution in [2.24, 2.45) is 0 Å². The normalized spacial score (nSPS) is 13.8. The van der Waals surface area contributed by atoms with Gasteiger partial charge in [0.1, 0.15) is 0 Å². The third-order valence-corrected chi connectivity index (χ3v) is 9.35. The molecule has 1 spiro atoms. The average molecular weight is 507 g/mol. The Morgan fingerprint density at radius 3 is 1.70 bits per heavy atom. The summed E-state index contributed by atoms with van der Waals surface area (Å²) in [7, 11) is 0. The van der Waals surface area contributed by atoms with Gasteiger partial charge in [-0.05, 0) is 90.2 Å². The van der Waals surface area contributed by atoms with E-state index >= 15 is 0 Å². The van der Waals surface area contributed by atoms with Gasteiger partial charge in [-0.25, -0.2) is 0 Å². The second-order valence-corrected chi connectivity index (χ2v) is 11.3. The van der Waals surface area contributed by atoms with Crippen molar-refractivity contribution in [2.45, 2.75) is 12.3 Å². The molecule has 0 bridgehead atoms. The van der Waals surface area contributed by atoms with Gasteiger partial charge in [0.05, 0.1) is 5.41 Å². The van der Waals surface area contributed by atoms with Crippen LogP contribution in [0.5, 0.6) is 0 Å². The molecular formula is C40H26. The van der Waals surface area contributed by atoms with Crippen LogP contribution in [0, 0.1) is 6.92 Å². The maximum atomic E-state index is 2.52. The lowest BCUT2D eigenvalue weighted by Crippen LogP contribution is -2.26. The van der Waals surface area contributed by atoms with Crippen LogP contribution < -0.4 is 0 Å². The Hall–Kier alpha value is -4.94. The van der Waals surface area contributed by atoms with E-state index in [0.29, 0.717) is 0 Å². The number of fused-ring (bicyclic) bond motifs is 14. The molecular weight excluding hydrogens is 480 g/mol. The average Bonchev–Trinajstić information content (AvgIpc) is 3.49. The van der Waals surface area contributed by atoms with Crippen LogP contribution in [0.3, 0.4) is 0 Å².